The van der Waals surface area contributed by atoms with Gasteiger partial charge in [-0.2, -0.15) is 0 Å². The summed E-state index contributed by atoms with van der Waals surface area (Å²) < 4.78 is 0. The van der Waals surface area contributed by atoms with Crippen molar-refractivity contribution in [3.8, 4) is 0 Å². The monoisotopic (exact) mass is 273 g/mol. The van der Waals surface area contributed by atoms with Gasteiger partial charge in [0.2, 0.25) is 5.91 Å². The second-order valence-electron chi connectivity index (χ2n) is 5.95. The molecular weight excluding hydrogens is 254 g/mol. The fraction of sp³-hybridized carbons (Fsp3) is 0.467. The van der Waals surface area contributed by atoms with Crippen LogP contribution in [0.4, 0.5) is 5.69 Å². The molecule has 0 radical (unpaired) electrons. The van der Waals surface area contributed by atoms with Gasteiger partial charge in [-0.25, -0.2) is 0 Å². The number of nitrogens with zero attached hydrogens (tertiary/aromatic N) is 1. The second-order valence-corrected chi connectivity index (χ2v) is 5.95. The van der Waals surface area contributed by atoms with Crippen LogP contribution in [0.2, 0.25) is 0 Å². The Balaban J connectivity index is 1.91. The summed E-state index contributed by atoms with van der Waals surface area (Å²) in [5.41, 5.74) is 12.9. The minimum Gasteiger partial charge on any atom is -0.371 e. The molecule has 5 nitrogen and oxygen atoms in total. The zero-order valence-corrected chi connectivity index (χ0v) is 11.4. The van der Waals surface area contributed by atoms with Crippen molar-refractivity contribution in [3.05, 3.63) is 29.3 Å². The second kappa shape index (κ2) is 4.51. The molecule has 1 heterocycles. The third kappa shape index (κ3) is 2.24. The lowest BCUT2D eigenvalue weighted by Gasteiger charge is -2.34. The van der Waals surface area contributed by atoms with Crippen molar-refractivity contribution in [2.45, 2.75) is 25.7 Å². The number of hydrogen-bond acceptors (Lipinski definition) is 3. The first kappa shape index (κ1) is 13.0. The van der Waals surface area contributed by atoms with Crippen molar-refractivity contribution < 1.29 is 9.59 Å². The Kier molecular flexibility index (Phi) is 2.92. The van der Waals surface area contributed by atoms with E-state index in [0.29, 0.717) is 16.5 Å². The highest BCUT2D eigenvalue weighted by molar-refractivity contribution is 6.01. The highest BCUT2D eigenvalue weighted by atomic mass is 16.1. The van der Waals surface area contributed by atoms with Crippen molar-refractivity contribution in [1.29, 1.82) is 0 Å². The largest absolute Gasteiger partial charge is 0.371 e. The molecule has 1 aromatic rings. The Morgan fingerprint density at radius 2 is 1.65 bits per heavy atom. The van der Waals surface area contributed by atoms with Crippen molar-refractivity contribution in [2.75, 3.05) is 18.0 Å². The molecule has 1 aromatic carbocycles. The van der Waals surface area contributed by atoms with E-state index in [1.54, 1.807) is 18.2 Å². The molecule has 106 valence electrons. The number of hydrogen-bond donors (Lipinski definition) is 2. The molecule has 0 unspecified atom stereocenters. The molecule has 3 rings (SSSR count). The van der Waals surface area contributed by atoms with Crippen LogP contribution in [0.5, 0.6) is 0 Å². The smallest absolute Gasteiger partial charge is 0.250 e. The van der Waals surface area contributed by atoms with E-state index in [1.165, 1.54) is 12.8 Å². The highest BCUT2D eigenvalue weighted by Crippen LogP contribution is 2.54. The molecule has 20 heavy (non-hydrogen) atoms. The summed E-state index contributed by atoms with van der Waals surface area (Å²) in [5.74, 6) is -0.958. The number of carbonyl (C=O) groups excluding carboxylic acids is 2. The molecule has 0 atom stereocenters. The van der Waals surface area contributed by atoms with E-state index in [-0.39, 0.29) is 0 Å². The average Bonchev–Trinajstić information content (AvgIpc) is 3.18. The summed E-state index contributed by atoms with van der Waals surface area (Å²) in [6.45, 7) is 1.81. The highest BCUT2D eigenvalue weighted by Gasteiger charge is 2.44. The fourth-order valence-corrected chi connectivity index (χ4v) is 3.05. The summed E-state index contributed by atoms with van der Waals surface area (Å²) in [4.78, 5) is 25.0. The van der Waals surface area contributed by atoms with E-state index in [2.05, 4.69) is 4.90 Å². The van der Waals surface area contributed by atoms with Crippen LogP contribution in [-0.4, -0.2) is 24.9 Å². The van der Waals surface area contributed by atoms with Gasteiger partial charge in [0.05, 0.1) is 11.3 Å². The number of piperidine rings is 1. The zero-order valence-electron chi connectivity index (χ0n) is 11.4. The molecule has 2 amide bonds. The Morgan fingerprint density at radius 3 is 2.15 bits per heavy atom. The molecular formula is C15H19N3O2. The average molecular weight is 273 g/mol. The summed E-state index contributed by atoms with van der Waals surface area (Å²) in [6.07, 6.45) is 4.94. The van der Waals surface area contributed by atoms with Gasteiger partial charge in [-0.1, -0.05) is 0 Å². The zero-order chi connectivity index (χ0) is 14.3. The van der Waals surface area contributed by atoms with Crippen LogP contribution < -0.4 is 16.4 Å². The first-order valence-electron chi connectivity index (χ1n) is 6.99. The maximum Gasteiger partial charge on any atom is 0.250 e. The Hall–Kier alpha value is -2.04. The van der Waals surface area contributed by atoms with Crippen LogP contribution in [0.1, 0.15) is 46.4 Å². The minimum atomic E-state index is -0.488. The quantitative estimate of drug-likeness (QED) is 0.869. The molecule has 1 aliphatic heterocycles. The van der Waals surface area contributed by atoms with Gasteiger partial charge >= 0.3 is 0 Å². The number of amides is 2. The predicted octanol–water partition coefficient (Wildman–Crippen LogP) is 1.26. The molecule has 2 aliphatic rings. The molecule has 1 spiro atoms. The van der Waals surface area contributed by atoms with Gasteiger partial charge in [-0.15, -0.1) is 0 Å². The standard InChI is InChI=1S/C15H19N3O2/c16-13(19)10-1-2-11(14(17)20)12(9-10)18-7-5-15(3-4-15)6-8-18/h1-2,9H,3-8H2,(H2,16,19)(H2,17,20). The first-order valence-corrected chi connectivity index (χ1v) is 6.99. The van der Waals surface area contributed by atoms with Gasteiger partial charge in [0.15, 0.2) is 0 Å². The third-order valence-electron chi connectivity index (χ3n) is 4.67. The van der Waals surface area contributed by atoms with Crippen molar-refractivity contribution >= 4 is 17.5 Å². The SMILES string of the molecule is NC(=O)c1ccc(C(N)=O)c(N2CCC3(CC2)CC3)c1. The lowest BCUT2D eigenvalue weighted by atomic mass is 9.92. The van der Waals surface area contributed by atoms with Gasteiger partial charge in [0.25, 0.3) is 5.91 Å². The molecule has 0 aromatic heterocycles. The lowest BCUT2D eigenvalue weighted by Crippen LogP contribution is -2.36. The van der Waals surface area contributed by atoms with E-state index in [1.807, 2.05) is 0 Å². The van der Waals surface area contributed by atoms with Crippen LogP contribution in [0.25, 0.3) is 0 Å². The maximum absolute atomic E-state index is 11.6. The van der Waals surface area contributed by atoms with E-state index in [0.717, 1.165) is 31.6 Å². The van der Waals surface area contributed by atoms with Gasteiger partial charge in [-0.05, 0) is 49.3 Å². The number of primary amides is 2. The topological polar surface area (TPSA) is 89.4 Å². The molecule has 0 bridgehead atoms. The number of benzene rings is 1. The minimum absolute atomic E-state index is 0.414. The summed E-state index contributed by atoms with van der Waals surface area (Å²) >= 11 is 0. The van der Waals surface area contributed by atoms with Crippen LogP contribution in [-0.2, 0) is 0 Å². The van der Waals surface area contributed by atoms with Crippen LogP contribution in [0, 0.1) is 5.41 Å². The van der Waals surface area contributed by atoms with Crippen LogP contribution >= 0.6 is 0 Å². The number of rotatable bonds is 3. The van der Waals surface area contributed by atoms with Gasteiger partial charge in [-0.3, -0.25) is 9.59 Å². The first-order chi connectivity index (χ1) is 9.51. The van der Waals surface area contributed by atoms with Gasteiger partial charge in [0, 0.05) is 18.7 Å². The van der Waals surface area contributed by atoms with Crippen LogP contribution in [0.15, 0.2) is 18.2 Å². The van der Waals surface area contributed by atoms with Crippen molar-refractivity contribution in [2.24, 2.45) is 16.9 Å². The van der Waals surface area contributed by atoms with Crippen LogP contribution in [0.3, 0.4) is 0 Å². The van der Waals surface area contributed by atoms with Gasteiger partial charge in [0.1, 0.15) is 0 Å². The molecule has 2 fully saturated rings. The van der Waals surface area contributed by atoms with Crippen molar-refractivity contribution in [1.82, 2.24) is 0 Å². The Morgan fingerprint density at radius 1 is 1.00 bits per heavy atom. The maximum atomic E-state index is 11.6. The fourth-order valence-electron chi connectivity index (χ4n) is 3.05. The molecule has 4 N–H and O–H groups in total. The molecule has 5 heteroatoms. The van der Waals surface area contributed by atoms with E-state index in [9.17, 15) is 9.59 Å². The number of carbonyl (C=O) groups is 2. The lowest BCUT2D eigenvalue weighted by molar-refractivity contribution is 0.0988. The van der Waals surface area contributed by atoms with E-state index in [4.69, 9.17) is 11.5 Å². The van der Waals surface area contributed by atoms with Crippen molar-refractivity contribution in [3.63, 3.8) is 0 Å². The normalized spacial score (nSPS) is 19.9. The van der Waals surface area contributed by atoms with Gasteiger partial charge < -0.3 is 16.4 Å². The summed E-state index contributed by atoms with van der Waals surface area (Å²) in [6, 6.07) is 4.84. The Labute approximate surface area is 117 Å². The Bertz CT molecular complexity index is 568. The predicted molar refractivity (Wildman–Crippen MR) is 76.6 cm³/mol. The number of nitrogens with two attached hydrogens (primary N) is 2. The van der Waals surface area contributed by atoms with E-state index < -0.39 is 11.8 Å². The summed E-state index contributed by atoms with van der Waals surface area (Å²) in [5, 5.41) is 0. The molecule has 1 saturated heterocycles. The third-order valence-corrected chi connectivity index (χ3v) is 4.67. The van der Waals surface area contributed by atoms with E-state index >= 15 is 0 Å². The summed E-state index contributed by atoms with van der Waals surface area (Å²) in [7, 11) is 0. The number of anilines is 1. The molecule has 1 aliphatic carbocycles. The molecule has 1 saturated carbocycles.